The minimum Gasteiger partial charge on any atom is -0.301 e. The summed E-state index contributed by atoms with van der Waals surface area (Å²) in [4.78, 5) is 0. The van der Waals surface area contributed by atoms with Crippen LogP contribution < -0.4 is 0 Å². The van der Waals surface area contributed by atoms with Gasteiger partial charge in [0.1, 0.15) is 5.82 Å². The monoisotopic (exact) mass is 235 g/mol. The summed E-state index contributed by atoms with van der Waals surface area (Å²) in [5, 5.41) is 9.65. The van der Waals surface area contributed by atoms with Gasteiger partial charge in [-0.2, -0.15) is 0 Å². The van der Waals surface area contributed by atoms with Gasteiger partial charge in [0.2, 0.25) is 0 Å². The maximum absolute atomic E-state index is 13.1. The number of hydrogen-bond donors (Lipinski definition) is 0. The van der Waals surface area contributed by atoms with Gasteiger partial charge >= 0.3 is 0 Å². The average molecular weight is 235 g/mol. The van der Waals surface area contributed by atoms with Gasteiger partial charge in [-0.1, -0.05) is 30.8 Å². The molecule has 2 heterocycles. The predicted octanol–water partition coefficient (Wildman–Crippen LogP) is 2.58. The van der Waals surface area contributed by atoms with Crippen molar-refractivity contribution in [2.75, 3.05) is 0 Å². The highest BCUT2D eigenvalue weighted by Crippen LogP contribution is 2.33. The number of aromatic nitrogens is 3. The van der Waals surface area contributed by atoms with Gasteiger partial charge in [0.25, 0.3) is 0 Å². The number of hydrogen-bond acceptors (Lipinski definition) is 3. The number of rotatable bonds is 1. The van der Waals surface area contributed by atoms with Crippen molar-refractivity contribution in [2.24, 2.45) is 0 Å². The molecule has 1 aromatic carbocycles. The third-order valence-electron chi connectivity index (χ3n) is 2.55. The van der Waals surface area contributed by atoms with Crippen LogP contribution in [0.2, 0.25) is 0 Å². The molecule has 0 aliphatic carbocycles. The highest BCUT2D eigenvalue weighted by Gasteiger charge is 2.24. The molecule has 1 atom stereocenters. The Morgan fingerprint density at radius 3 is 3.12 bits per heavy atom. The topological polar surface area (TPSA) is 30.7 Å². The molecule has 0 radical (unpaired) electrons. The normalized spacial score (nSPS) is 18.8. The molecule has 1 aromatic heterocycles. The Kier molecular flexibility index (Phi) is 2.21. The van der Waals surface area contributed by atoms with Crippen LogP contribution in [0.1, 0.15) is 6.92 Å². The fraction of sp³-hybridized carbons (Fsp3) is 0.273. The van der Waals surface area contributed by atoms with Crippen LogP contribution >= 0.6 is 11.8 Å². The molecule has 0 bridgehead atoms. The number of halogens is 1. The van der Waals surface area contributed by atoms with Gasteiger partial charge in [0.05, 0.1) is 0 Å². The first-order valence-corrected chi connectivity index (χ1v) is 5.98. The van der Waals surface area contributed by atoms with E-state index < -0.39 is 0 Å². The molecule has 3 nitrogen and oxygen atoms in total. The molecule has 16 heavy (non-hydrogen) atoms. The second-order valence-corrected chi connectivity index (χ2v) is 5.26. The van der Waals surface area contributed by atoms with E-state index in [0.717, 1.165) is 23.1 Å². The van der Waals surface area contributed by atoms with E-state index in [1.54, 1.807) is 17.8 Å². The van der Waals surface area contributed by atoms with E-state index >= 15 is 0 Å². The van der Waals surface area contributed by atoms with E-state index in [4.69, 9.17) is 0 Å². The maximum atomic E-state index is 13.1. The summed E-state index contributed by atoms with van der Waals surface area (Å²) in [5.41, 5.74) is 0.786. The highest BCUT2D eigenvalue weighted by atomic mass is 32.2. The molecule has 0 N–H and O–H groups in total. The lowest BCUT2D eigenvalue weighted by Gasteiger charge is -2.03. The zero-order valence-corrected chi connectivity index (χ0v) is 9.54. The number of nitrogens with zero attached hydrogens (tertiary/aromatic N) is 3. The van der Waals surface area contributed by atoms with Gasteiger partial charge in [-0.3, -0.25) is 0 Å². The fourth-order valence-electron chi connectivity index (χ4n) is 1.86. The van der Waals surface area contributed by atoms with Crippen LogP contribution in [0.15, 0.2) is 29.4 Å². The number of fused-ring (bicyclic) bond motifs is 1. The minimum atomic E-state index is -0.242. The number of thioether (sulfide) groups is 1. The molecular formula is C11H10FN3S. The van der Waals surface area contributed by atoms with Crippen LogP contribution in [0.3, 0.4) is 0 Å². The Labute approximate surface area is 96.7 Å². The molecule has 1 aliphatic rings. The van der Waals surface area contributed by atoms with Gasteiger partial charge in [0, 0.05) is 17.4 Å². The molecule has 0 spiro atoms. The third kappa shape index (κ3) is 1.51. The lowest BCUT2D eigenvalue weighted by Crippen LogP contribution is -2.02. The fourth-order valence-corrected chi connectivity index (χ4v) is 2.82. The molecule has 0 saturated carbocycles. The molecule has 1 aliphatic heterocycles. The second-order valence-electron chi connectivity index (χ2n) is 3.86. The van der Waals surface area contributed by atoms with Crippen LogP contribution in [0.5, 0.6) is 0 Å². The van der Waals surface area contributed by atoms with E-state index in [2.05, 4.69) is 17.1 Å². The van der Waals surface area contributed by atoms with E-state index in [9.17, 15) is 4.39 Å². The van der Waals surface area contributed by atoms with Crippen LogP contribution in [-0.4, -0.2) is 20.0 Å². The summed E-state index contributed by atoms with van der Waals surface area (Å²) in [5.74, 6) is 0.514. The molecule has 82 valence electrons. The van der Waals surface area contributed by atoms with E-state index in [-0.39, 0.29) is 5.82 Å². The van der Waals surface area contributed by atoms with Gasteiger partial charge in [-0.05, 0) is 12.1 Å². The van der Waals surface area contributed by atoms with Crippen LogP contribution in [0.25, 0.3) is 11.4 Å². The summed E-state index contributed by atoms with van der Waals surface area (Å²) in [6, 6.07) is 6.47. The van der Waals surface area contributed by atoms with Crippen molar-refractivity contribution in [2.45, 2.75) is 23.9 Å². The first-order chi connectivity index (χ1) is 7.74. The summed E-state index contributed by atoms with van der Waals surface area (Å²) >= 11 is 1.71. The summed E-state index contributed by atoms with van der Waals surface area (Å²) < 4.78 is 15.2. The zero-order chi connectivity index (χ0) is 11.1. The van der Waals surface area contributed by atoms with Crippen molar-refractivity contribution in [3.63, 3.8) is 0 Å². The highest BCUT2D eigenvalue weighted by molar-refractivity contribution is 7.99. The van der Waals surface area contributed by atoms with E-state index in [1.807, 2.05) is 10.6 Å². The van der Waals surface area contributed by atoms with Gasteiger partial charge in [-0.15, -0.1) is 10.2 Å². The molecule has 3 rings (SSSR count). The Morgan fingerprint density at radius 2 is 2.31 bits per heavy atom. The molecule has 0 unspecified atom stereocenters. The summed E-state index contributed by atoms with van der Waals surface area (Å²) in [6.07, 6.45) is 0. The third-order valence-corrected chi connectivity index (χ3v) is 3.61. The SMILES string of the molecule is C[C@@H]1Cn2c(nnc2-c2cccc(F)c2)S1. The Hall–Kier alpha value is -1.36. The molecule has 0 amide bonds. The smallest absolute Gasteiger partial charge is 0.191 e. The Morgan fingerprint density at radius 1 is 1.44 bits per heavy atom. The first-order valence-electron chi connectivity index (χ1n) is 5.10. The summed E-state index contributed by atoms with van der Waals surface area (Å²) in [6.45, 7) is 3.04. The van der Waals surface area contributed by atoms with Gasteiger partial charge in [0.15, 0.2) is 11.0 Å². The van der Waals surface area contributed by atoms with Crippen LogP contribution in [-0.2, 0) is 6.54 Å². The average Bonchev–Trinajstić information content (AvgIpc) is 2.76. The van der Waals surface area contributed by atoms with Crippen molar-refractivity contribution in [1.29, 1.82) is 0 Å². The Bertz CT molecular complexity index is 538. The van der Waals surface area contributed by atoms with Crippen LogP contribution in [0.4, 0.5) is 4.39 Å². The molecule has 0 saturated heterocycles. The van der Waals surface area contributed by atoms with Gasteiger partial charge < -0.3 is 4.57 Å². The molecule has 2 aromatic rings. The van der Waals surface area contributed by atoms with E-state index in [1.165, 1.54) is 12.1 Å². The molecule has 0 fully saturated rings. The van der Waals surface area contributed by atoms with Crippen molar-refractivity contribution in [3.05, 3.63) is 30.1 Å². The minimum absolute atomic E-state index is 0.242. The molecular weight excluding hydrogens is 225 g/mol. The van der Waals surface area contributed by atoms with Crippen molar-refractivity contribution in [1.82, 2.24) is 14.8 Å². The Balaban J connectivity index is 2.08. The quantitative estimate of drug-likeness (QED) is 0.761. The first kappa shape index (κ1) is 9.84. The van der Waals surface area contributed by atoms with Crippen molar-refractivity contribution >= 4 is 11.8 Å². The van der Waals surface area contributed by atoms with E-state index in [0.29, 0.717) is 5.25 Å². The second kappa shape index (κ2) is 3.59. The largest absolute Gasteiger partial charge is 0.301 e. The number of benzene rings is 1. The van der Waals surface area contributed by atoms with Crippen molar-refractivity contribution < 1.29 is 4.39 Å². The standard InChI is InChI=1S/C11H10FN3S/c1-7-6-15-10(13-14-11(15)16-7)8-3-2-4-9(12)5-8/h2-5,7H,6H2,1H3/t7-/m1/s1. The predicted molar refractivity (Wildman–Crippen MR) is 60.7 cm³/mol. The lowest BCUT2D eigenvalue weighted by molar-refractivity contribution is 0.627. The molecule has 5 heteroatoms. The van der Waals surface area contributed by atoms with Crippen LogP contribution in [0, 0.1) is 5.82 Å². The van der Waals surface area contributed by atoms with Gasteiger partial charge in [-0.25, -0.2) is 4.39 Å². The van der Waals surface area contributed by atoms with Crippen molar-refractivity contribution in [3.8, 4) is 11.4 Å². The summed E-state index contributed by atoms with van der Waals surface area (Å²) in [7, 11) is 0. The lowest BCUT2D eigenvalue weighted by atomic mass is 10.2. The maximum Gasteiger partial charge on any atom is 0.191 e. The zero-order valence-electron chi connectivity index (χ0n) is 8.72.